The van der Waals surface area contributed by atoms with E-state index in [-0.39, 0.29) is 12.8 Å². The van der Waals surface area contributed by atoms with Gasteiger partial charge in [0.2, 0.25) is 0 Å². The normalized spacial score (nSPS) is 16.6. The first-order chi connectivity index (χ1) is 9.41. The number of carbonyl (C=O) groups is 1. The first-order valence-corrected chi connectivity index (χ1v) is 6.73. The maximum Gasteiger partial charge on any atom is 0.322 e. The predicted octanol–water partition coefficient (Wildman–Crippen LogP) is -0.262. The third kappa shape index (κ3) is 6.35. The van der Waals surface area contributed by atoms with Crippen LogP contribution in [0.5, 0.6) is 0 Å². The molecule has 2 unspecified atom stereocenters. The first kappa shape index (κ1) is 18.9. The molecular weight excluding hydrogens is 264 g/mol. The fourth-order valence-corrected chi connectivity index (χ4v) is 1.84. The second-order valence-electron chi connectivity index (χ2n) is 4.87. The monoisotopic (exact) mass is 288 g/mol. The summed E-state index contributed by atoms with van der Waals surface area (Å²) in [5.41, 5.74) is -1.67. The van der Waals surface area contributed by atoms with Crippen LogP contribution in [0.1, 0.15) is 39.0 Å². The van der Waals surface area contributed by atoms with Gasteiger partial charge in [-0.25, -0.2) is 0 Å². The topological polar surface area (TPSA) is 118 Å². The lowest BCUT2D eigenvalue weighted by Crippen LogP contribution is -2.38. The van der Waals surface area contributed by atoms with E-state index in [9.17, 15) is 20.1 Å². The van der Waals surface area contributed by atoms with E-state index in [1.165, 1.54) is 0 Å². The summed E-state index contributed by atoms with van der Waals surface area (Å²) in [5.74, 6) is 4.08. The van der Waals surface area contributed by atoms with Gasteiger partial charge in [0.1, 0.15) is 5.41 Å². The standard InChI is InChI=1S/C14H24O6/c1-2-3-4-5-6-14(13(19)20,7-11(17)9-15)8-12(18)10-16/h11-12,15-18H,2-4,7-10H2,1H3,(H,19,20). The molecule has 0 heterocycles. The zero-order chi connectivity index (χ0) is 15.6. The van der Waals surface area contributed by atoms with E-state index in [2.05, 4.69) is 11.8 Å². The highest BCUT2D eigenvalue weighted by molar-refractivity contribution is 5.78. The van der Waals surface area contributed by atoms with Gasteiger partial charge in [-0.1, -0.05) is 19.3 Å². The summed E-state index contributed by atoms with van der Waals surface area (Å²) in [4.78, 5) is 11.5. The summed E-state index contributed by atoms with van der Waals surface area (Å²) in [7, 11) is 0. The van der Waals surface area contributed by atoms with Crippen LogP contribution in [0, 0.1) is 17.3 Å². The van der Waals surface area contributed by atoms with Gasteiger partial charge in [-0.3, -0.25) is 4.79 Å². The highest BCUT2D eigenvalue weighted by Crippen LogP contribution is 2.30. The predicted molar refractivity (Wildman–Crippen MR) is 72.8 cm³/mol. The molecule has 0 spiro atoms. The van der Waals surface area contributed by atoms with E-state index >= 15 is 0 Å². The Morgan fingerprint density at radius 1 is 1.15 bits per heavy atom. The number of unbranched alkanes of at least 4 members (excludes halogenated alkanes) is 2. The Kier molecular flexibility index (Phi) is 9.17. The molecule has 0 aromatic heterocycles. The quantitative estimate of drug-likeness (QED) is 0.295. The molecule has 116 valence electrons. The Labute approximate surface area is 119 Å². The summed E-state index contributed by atoms with van der Waals surface area (Å²) in [6.45, 7) is 0.818. The highest BCUT2D eigenvalue weighted by atomic mass is 16.4. The zero-order valence-electron chi connectivity index (χ0n) is 11.7. The van der Waals surface area contributed by atoms with E-state index in [1.807, 2.05) is 6.92 Å². The van der Waals surface area contributed by atoms with Gasteiger partial charge in [0, 0.05) is 19.3 Å². The van der Waals surface area contributed by atoms with Crippen LogP contribution < -0.4 is 0 Å². The minimum absolute atomic E-state index is 0.297. The van der Waals surface area contributed by atoms with Gasteiger partial charge in [0.25, 0.3) is 0 Å². The number of rotatable bonds is 9. The van der Waals surface area contributed by atoms with Crippen LogP contribution in [0.4, 0.5) is 0 Å². The van der Waals surface area contributed by atoms with Crippen LogP contribution in [0.15, 0.2) is 0 Å². The molecule has 5 N–H and O–H groups in total. The van der Waals surface area contributed by atoms with E-state index in [0.717, 1.165) is 12.8 Å². The van der Waals surface area contributed by atoms with Gasteiger partial charge in [0.05, 0.1) is 25.4 Å². The molecule has 6 nitrogen and oxygen atoms in total. The van der Waals surface area contributed by atoms with Crippen LogP contribution in [-0.2, 0) is 4.79 Å². The van der Waals surface area contributed by atoms with Crippen molar-refractivity contribution in [1.29, 1.82) is 0 Å². The number of carboxylic acid groups (broad SMARTS) is 1. The van der Waals surface area contributed by atoms with Gasteiger partial charge in [-0.15, -0.1) is 5.92 Å². The molecule has 0 aromatic rings. The summed E-state index contributed by atoms with van der Waals surface area (Å²) in [6.07, 6.45) is -0.795. The van der Waals surface area contributed by atoms with Gasteiger partial charge in [0.15, 0.2) is 0 Å². The molecule has 0 rings (SSSR count). The first-order valence-electron chi connectivity index (χ1n) is 6.73. The molecule has 2 atom stereocenters. The number of aliphatic hydroxyl groups excluding tert-OH is 4. The molecule has 0 aliphatic carbocycles. The SMILES string of the molecule is CCCCC#CC(CC(O)CO)(CC(O)CO)C(=O)O. The molecule has 0 bridgehead atoms. The molecule has 0 saturated heterocycles. The van der Waals surface area contributed by atoms with Gasteiger partial charge >= 0.3 is 5.97 Å². The molecular formula is C14H24O6. The van der Waals surface area contributed by atoms with E-state index in [0.29, 0.717) is 6.42 Å². The molecule has 0 amide bonds. The third-order valence-electron chi connectivity index (χ3n) is 2.98. The van der Waals surface area contributed by atoms with E-state index in [1.54, 1.807) is 0 Å². The number of carboxylic acids is 1. The van der Waals surface area contributed by atoms with E-state index in [4.69, 9.17) is 10.2 Å². The maximum absolute atomic E-state index is 11.5. The number of aliphatic carboxylic acids is 1. The molecule has 0 radical (unpaired) electrons. The van der Waals surface area contributed by atoms with Crippen LogP contribution in [0.25, 0.3) is 0 Å². The Balaban J connectivity index is 5.19. The summed E-state index contributed by atoms with van der Waals surface area (Å²) in [6, 6.07) is 0. The lowest BCUT2D eigenvalue weighted by molar-refractivity contribution is -0.149. The minimum Gasteiger partial charge on any atom is -0.480 e. The molecule has 0 saturated carbocycles. The smallest absolute Gasteiger partial charge is 0.322 e. The Morgan fingerprint density at radius 2 is 1.65 bits per heavy atom. The van der Waals surface area contributed by atoms with Crippen LogP contribution in [-0.4, -0.2) is 56.9 Å². The Bertz CT molecular complexity index is 331. The number of aliphatic hydroxyl groups is 4. The van der Waals surface area contributed by atoms with Crippen molar-refractivity contribution in [3.05, 3.63) is 0 Å². The van der Waals surface area contributed by atoms with Crippen LogP contribution >= 0.6 is 0 Å². The van der Waals surface area contributed by atoms with Gasteiger partial charge < -0.3 is 25.5 Å². The molecule has 0 fully saturated rings. The second-order valence-corrected chi connectivity index (χ2v) is 4.87. The molecule has 6 heteroatoms. The van der Waals surface area contributed by atoms with Crippen molar-refractivity contribution in [2.75, 3.05) is 13.2 Å². The average molecular weight is 288 g/mol. The van der Waals surface area contributed by atoms with Crippen molar-refractivity contribution >= 4 is 5.97 Å². The number of hydrogen-bond acceptors (Lipinski definition) is 5. The molecule has 0 aliphatic rings. The lowest BCUT2D eigenvalue weighted by Gasteiger charge is -2.27. The van der Waals surface area contributed by atoms with E-state index < -0.39 is 36.8 Å². The lowest BCUT2D eigenvalue weighted by atomic mass is 9.78. The van der Waals surface area contributed by atoms with Crippen molar-refractivity contribution in [3.63, 3.8) is 0 Å². The van der Waals surface area contributed by atoms with Crippen molar-refractivity contribution < 1.29 is 30.3 Å². The molecule has 20 heavy (non-hydrogen) atoms. The van der Waals surface area contributed by atoms with Crippen molar-refractivity contribution in [3.8, 4) is 11.8 Å². The molecule has 0 aromatic carbocycles. The Morgan fingerprint density at radius 3 is 2.00 bits per heavy atom. The van der Waals surface area contributed by atoms with Crippen molar-refractivity contribution in [2.24, 2.45) is 5.41 Å². The minimum atomic E-state index is -1.67. The fourth-order valence-electron chi connectivity index (χ4n) is 1.84. The van der Waals surface area contributed by atoms with Gasteiger partial charge in [-0.2, -0.15) is 0 Å². The summed E-state index contributed by atoms with van der Waals surface area (Å²) >= 11 is 0. The van der Waals surface area contributed by atoms with Crippen molar-refractivity contribution in [2.45, 2.75) is 51.2 Å². The largest absolute Gasteiger partial charge is 0.480 e. The third-order valence-corrected chi connectivity index (χ3v) is 2.98. The maximum atomic E-state index is 11.5. The highest BCUT2D eigenvalue weighted by Gasteiger charge is 2.40. The zero-order valence-corrected chi connectivity index (χ0v) is 11.7. The number of hydrogen-bond donors (Lipinski definition) is 5. The van der Waals surface area contributed by atoms with Crippen LogP contribution in [0.2, 0.25) is 0 Å². The second kappa shape index (κ2) is 9.72. The van der Waals surface area contributed by atoms with Crippen molar-refractivity contribution in [1.82, 2.24) is 0 Å². The molecule has 0 aliphatic heterocycles. The van der Waals surface area contributed by atoms with Crippen LogP contribution in [0.3, 0.4) is 0 Å². The summed E-state index contributed by atoms with van der Waals surface area (Å²) < 4.78 is 0. The average Bonchev–Trinajstić information content (AvgIpc) is 2.42. The summed E-state index contributed by atoms with van der Waals surface area (Å²) in [5, 5.41) is 46.1. The fraction of sp³-hybridized carbons (Fsp3) is 0.786. The Hall–Kier alpha value is -1.13. The van der Waals surface area contributed by atoms with Gasteiger partial charge in [-0.05, 0) is 6.42 Å².